The van der Waals surface area contributed by atoms with Gasteiger partial charge in [-0.15, -0.1) is 0 Å². The highest BCUT2D eigenvalue weighted by atomic mass is 32.2. The van der Waals surface area contributed by atoms with E-state index in [4.69, 9.17) is 10.5 Å². The van der Waals surface area contributed by atoms with Crippen LogP contribution in [0.25, 0.3) is 0 Å². The monoisotopic (exact) mass is 402 g/mol. The highest BCUT2D eigenvalue weighted by molar-refractivity contribution is 7.89. The predicted octanol–water partition coefficient (Wildman–Crippen LogP) is 2.49. The molecule has 3 rings (SSSR count). The molecule has 2 N–H and O–H groups in total. The smallest absolute Gasteiger partial charge is 0.343 e. The molecule has 0 bridgehead atoms. The Hall–Kier alpha value is -2.71. The Morgan fingerprint density at radius 1 is 0.964 bits per heavy atom. The van der Waals surface area contributed by atoms with Crippen LogP contribution in [0.5, 0.6) is 5.75 Å². The number of primary amides is 1. The summed E-state index contributed by atoms with van der Waals surface area (Å²) in [6, 6.07) is 10.3. The number of piperidine rings is 1. The average Bonchev–Trinajstić information content (AvgIpc) is 2.69. The molecule has 0 spiro atoms. The maximum atomic E-state index is 13.0. The largest absolute Gasteiger partial charge is 0.423 e. The topological polar surface area (TPSA) is 107 Å². The lowest BCUT2D eigenvalue weighted by molar-refractivity contribution is 0.0734. The number of rotatable bonds is 5. The van der Waals surface area contributed by atoms with Gasteiger partial charge in [0.1, 0.15) is 5.75 Å². The number of hydrogen-bond donors (Lipinski definition) is 1. The standard InChI is InChI=1S/C20H22N2O5S/c1-14-5-6-16(13-18(14)28(25,26)22-11-3-2-4-12-22)20(24)27-17-9-7-15(8-10-17)19(21)23/h5-10,13H,2-4,11-12H2,1H3,(H2,21,23). The summed E-state index contributed by atoms with van der Waals surface area (Å²) in [6.07, 6.45) is 2.69. The molecule has 0 unspecified atom stereocenters. The van der Waals surface area contributed by atoms with Gasteiger partial charge >= 0.3 is 5.97 Å². The van der Waals surface area contributed by atoms with E-state index in [0.717, 1.165) is 19.3 Å². The summed E-state index contributed by atoms with van der Waals surface area (Å²) in [5, 5.41) is 0. The number of carbonyl (C=O) groups is 2. The zero-order valence-corrected chi connectivity index (χ0v) is 16.4. The number of sulfonamides is 1. The van der Waals surface area contributed by atoms with E-state index < -0.39 is 21.9 Å². The van der Waals surface area contributed by atoms with Gasteiger partial charge in [-0.3, -0.25) is 4.79 Å². The van der Waals surface area contributed by atoms with Crippen LogP contribution in [-0.2, 0) is 10.0 Å². The van der Waals surface area contributed by atoms with Crippen molar-refractivity contribution in [2.45, 2.75) is 31.1 Å². The molecule has 2 aromatic carbocycles. The fraction of sp³-hybridized carbons (Fsp3) is 0.300. The Morgan fingerprint density at radius 3 is 2.18 bits per heavy atom. The van der Waals surface area contributed by atoms with Crippen molar-refractivity contribution >= 4 is 21.9 Å². The second kappa shape index (κ2) is 8.12. The van der Waals surface area contributed by atoms with Gasteiger partial charge in [-0.1, -0.05) is 12.5 Å². The van der Waals surface area contributed by atoms with E-state index >= 15 is 0 Å². The first-order chi connectivity index (χ1) is 13.3. The summed E-state index contributed by atoms with van der Waals surface area (Å²) < 4.78 is 32.7. The normalized spacial score (nSPS) is 15.2. The van der Waals surface area contributed by atoms with Crippen LogP contribution in [0.3, 0.4) is 0 Å². The van der Waals surface area contributed by atoms with Crippen LogP contribution in [0.15, 0.2) is 47.4 Å². The Morgan fingerprint density at radius 2 is 1.57 bits per heavy atom. The molecular formula is C20H22N2O5S. The van der Waals surface area contributed by atoms with Gasteiger partial charge in [0.25, 0.3) is 0 Å². The van der Waals surface area contributed by atoms with Crippen molar-refractivity contribution in [3.63, 3.8) is 0 Å². The third-order valence-corrected chi connectivity index (χ3v) is 6.75. The van der Waals surface area contributed by atoms with E-state index in [9.17, 15) is 18.0 Å². The zero-order chi connectivity index (χ0) is 20.3. The fourth-order valence-electron chi connectivity index (χ4n) is 3.10. The van der Waals surface area contributed by atoms with Crippen molar-refractivity contribution in [2.24, 2.45) is 5.73 Å². The molecule has 0 atom stereocenters. The highest BCUT2D eigenvalue weighted by Crippen LogP contribution is 2.25. The van der Waals surface area contributed by atoms with E-state index in [0.29, 0.717) is 24.2 Å². The molecule has 8 heteroatoms. The van der Waals surface area contributed by atoms with Crippen molar-refractivity contribution in [3.8, 4) is 5.75 Å². The molecule has 1 heterocycles. The number of esters is 1. The molecule has 1 amide bonds. The Balaban J connectivity index is 1.83. The first kappa shape index (κ1) is 20.0. The van der Waals surface area contributed by atoms with Crippen LogP contribution in [0.2, 0.25) is 0 Å². The van der Waals surface area contributed by atoms with Crippen molar-refractivity contribution in [2.75, 3.05) is 13.1 Å². The van der Waals surface area contributed by atoms with Crippen LogP contribution < -0.4 is 10.5 Å². The third kappa shape index (κ3) is 4.23. The van der Waals surface area contributed by atoms with E-state index in [1.807, 2.05) is 0 Å². The average molecular weight is 402 g/mol. The molecule has 7 nitrogen and oxygen atoms in total. The van der Waals surface area contributed by atoms with Crippen LogP contribution >= 0.6 is 0 Å². The molecule has 1 saturated heterocycles. The second-order valence-electron chi connectivity index (χ2n) is 6.72. The lowest BCUT2D eigenvalue weighted by Crippen LogP contribution is -2.36. The lowest BCUT2D eigenvalue weighted by Gasteiger charge is -2.26. The van der Waals surface area contributed by atoms with Gasteiger partial charge in [-0.05, 0) is 61.7 Å². The number of aryl methyl sites for hydroxylation is 1. The number of hydrogen-bond acceptors (Lipinski definition) is 5. The molecule has 0 aliphatic carbocycles. The first-order valence-electron chi connectivity index (χ1n) is 9.02. The van der Waals surface area contributed by atoms with Crippen LogP contribution in [0.4, 0.5) is 0 Å². The summed E-state index contributed by atoms with van der Waals surface area (Å²) in [7, 11) is -3.66. The quantitative estimate of drug-likeness (QED) is 0.611. The molecule has 28 heavy (non-hydrogen) atoms. The molecule has 1 aliphatic rings. The summed E-state index contributed by atoms with van der Waals surface area (Å²) in [5.74, 6) is -1.03. The summed E-state index contributed by atoms with van der Waals surface area (Å²) in [4.78, 5) is 23.7. The summed E-state index contributed by atoms with van der Waals surface area (Å²) in [5.41, 5.74) is 6.19. The van der Waals surface area contributed by atoms with Gasteiger partial charge in [0.15, 0.2) is 0 Å². The van der Waals surface area contributed by atoms with Gasteiger partial charge in [0.2, 0.25) is 15.9 Å². The maximum Gasteiger partial charge on any atom is 0.343 e. The van der Waals surface area contributed by atoms with Crippen LogP contribution in [0, 0.1) is 6.92 Å². The van der Waals surface area contributed by atoms with E-state index in [2.05, 4.69) is 0 Å². The SMILES string of the molecule is Cc1ccc(C(=O)Oc2ccc(C(N)=O)cc2)cc1S(=O)(=O)N1CCCCC1. The van der Waals surface area contributed by atoms with Crippen molar-refractivity contribution in [3.05, 3.63) is 59.2 Å². The minimum absolute atomic E-state index is 0.118. The van der Waals surface area contributed by atoms with Gasteiger partial charge in [0.05, 0.1) is 10.5 Å². The zero-order valence-electron chi connectivity index (χ0n) is 15.6. The van der Waals surface area contributed by atoms with Gasteiger partial charge in [-0.2, -0.15) is 4.31 Å². The van der Waals surface area contributed by atoms with Gasteiger partial charge in [0, 0.05) is 18.7 Å². The van der Waals surface area contributed by atoms with Crippen LogP contribution in [-0.4, -0.2) is 37.7 Å². The number of amides is 1. The molecule has 2 aromatic rings. The number of ether oxygens (including phenoxy) is 1. The Kier molecular flexibility index (Phi) is 5.81. The lowest BCUT2D eigenvalue weighted by atomic mass is 10.1. The maximum absolute atomic E-state index is 13.0. The number of nitrogens with two attached hydrogens (primary N) is 1. The molecule has 1 aliphatic heterocycles. The number of nitrogens with zero attached hydrogens (tertiary/aromatic N) is 1. The van der Waals surface area contributed by atoms with Gasteiger partial charge < -0.3 is 10.5 Å². The molecule has 1 fully saturated rings. The minimum Gasteiger partial charge on any atom is -0.423 e. The Labute approximate surface area is 164 Å². The third-order valence-electron chi connectivity index (χ3n) is 4.71. The predicted molar refractivity (Wildman–Crippen MR) is 104 cm³/mol. The second-order valence-corrected chi connectivity index (χ2v) is 8.63. The minimum atomic E-state index is -3.66. The van der Waals surface area contributed by atoms with E-state index in [1.54, 1.807) is 13.0 Å². The Bertz CT molecular complexity index is 994. The van der Waals surface area contributed by atoms with Crippen molar-refractivity contribution in [1.29, 1.82) is 0 Å². The highest BCUT2D eigenvalue weighted by Gasteiger charge is 2.28. The van der Waals surface area contributed by atoms with Crippen molar-refractivity contribution in [1.82, 2.24) is 4.31 Å². The van der Waals surface area contributed by atoms with E-state index in [1.165, 1.54) is 40.7 Å². The number of benzene rings is 2. The summed E-state index contributed by atoms with van der Waals surface area (Å²) in [6.45, 7) is 2.68. The van der Waals surface area contributed by atoms with E-state index in [-0.39, 0.29) is 16.2 Å². The first-order valence-corrected chi connectivity index (χ1v) is 10.5. The molecule has 0 aromatic heterocycles. The molecule has 0 saturated carbocycles. The van der Waals surface area contributed by atoms with Crippen molar-refractivity contribution < 1.29 is 22.7 Å². The summed E-state index contributed by atoms with van der Waals surface area (Å²) >= 11 is 0. The van der Waals surface area contributed by atoms with Gasteiger partial charge in [-0.25, -0.2) is 13.2 Å². The van der Waals surface area contributed by atoms with Crippen LogP contribution in [0.1, 0.15) is 45.5 Å². The molecular weight excluding hydrogens is 380 g/mol. The molecule has 0 radical (unpaired) electrons. The number of carbonyl (C=O) groups excluding carboxylic acids is 2. The fourth-order valence-corrected chi connectivity index (χ4v) is 4.87. The molecule has 148 valence electrons.